The molecule has 0 radical (unpaired) electrons. The van der Waals surface area contributed by atoms with Crippen molar-refractivity contribution in [1.29, 1.82) is 0 Å². The Labute approximate surface area is 128 Å². The number of rotatable bonds is 6. The molecule has 2 heterocycles. The second-order valence-corrected chi connectivity index (χ2v) is 5.75. The third-order valence-corrected chi connectivity index (χ3v) is 4.10. The van der Waals surface area contributed by atoms with Gasteiger partial charge in [-0.3, -0.25) is 4.40 Å². The van der Waals surface area contributed by atoms with Crippen molar-refractivity contribution in [2.24, 2.45) is 5.73 Å². The summed E-state index contributed by atoms with van der Waals surface area (Å²) in [7, 11) is 0. The van der Waals surface area contributed by atoms with E-state index < -0.39 is 0 Å². The molecule has 2 aromatic heterocycles. The quantitative estimate of drug-likeness (QED) is 0.759. The highest BCUT2D eigenvalue weighted by molar-refractivity contribution is 7.15. The Morgan fingerprint density at radius 3 is 2.81 bits per heavy atom. The van der Waals surface area contributed by atoms with Crippen LogP contribution in [0.25, 0.3) is 16.2 Å². The second-order valence-electron chi connectivity index (χ2n) is 4.87. The van der Waals surface area contributed by atoms with Gasteiger partial charge in [0.15, 0.2) is 4.96 Å². The van der Waals surface area contributed by atoms with Crippen LogP contribution < -0.4 is 10.5 Å². The molecule has 3 aromatic rings. The first-order valence-electron chi connectivity index (χ1n) is 7.21. The van der Waals surface area contributed by atoms with Gasteiger partial charge in [0.1, 0.15) is 5.75 Å². The molecule has 110 valence electrons. The lowest BCUT2D eigenvalue weighted by Gasteiger charge is -2.06. The molecule has 0 aliphatic rings. The number of imidazole rings is 1. The van der Waals surface area contributed by atoms with Gasteiger partial charge in [0.05, 0.1) is 18.0 Å². The van der Waals surface area contributed by atoms with E-state index in [1.807, 2.05) is 17.5 Å². The zero-order chi connectivity index (χ0) is 14.7. The van der Waals surface area contributed by atoms with Crippen molar-refractivity contribution >= 4 is 16.3 Å². The van der Waals surface area contributed by atoms with E-state index in [9.17, 15) is 0 Å². The van der Waals surface area contributed by atoms with Crippen molar-refractivity contribution in [2.45, 2.75) is 19.8 Å². The van der Waals surface area contributed by atoms with Gasteiger partial charge in [0.2, 0.25) is 0 Å². The lowest BCUT2D eigenvalue weighted by molar-refractivity contribution is 0.317. The predicted octanol–water partition coefficient (Wildman–Crippen LogP) is 3.35. The van der Waals surface area contributed by atoms with Gasteiger partial charge in [-0.15, -0.1) is 11.3 Å². The zero-order valence-electron chi connectivity index (χ0n) is 12.1. The molecule has 0 fully saturated rings. The molecule has 0 aliphatic heterocycles. The highest BCUT2D eigenvalue weighted by atomic mass is 32.1. The maximum atomic E-state index is 5.75. The molecule has 4 nitrogen and oxygen atoms in total. The first-order valence-corrected chi connectivity index (χ1v) is 8.09. The molecule has 0 atom stereocenters. The Bertz CT molecular complexity index is 715. The van der Waals surface area contributed by atoms with E-state index in [4.69, 9.17) is 15.5 Å². The number of hydrogen-bond acceptors (Lipinski definition) is 4. The summed E-state index contributed by atoms with van der Waals surface area (Å²) in [5, 5.41) is 2.05. The molecule has 0 saturated heterocycles. The van der Waals surface area contributed by atoms with Gasteiger partial charge in [-0.2, -0.15) is 0 Å². The lowest BCUT2D eigenvalue weighted by Crippen LogP contribution is -2.05. The van der Waals surface area contributed by atoms with E-state index in [1.165, 1.54) is 5.69 Å². The van der Waals surface area contributed by atoms with E-state index in [0.717, 1.165) is 41.4 Å². The van der Waals surface area contributed by atoms with Crippen LogP contribution in [0.5, 0.6) is 5.75 Å². The molecular weight excluding hydrogens is 282 g/mol. The van der Waals surface area contributed by atoms with E-state index in [2.05, 4.69) is 29.7 Å². The highest BCUT2D eigenvalue weighted by Gasteiger charge is 2.14. The molecule has 1 aromatic carbocycles. The van der Waals surface area contributed by atoms with Crippen LogP contribution in [-0.2, 0) is 6.42 Å². The minimum atomic E-state index is 0.619. The Balaban J connectivity index is 1.95. The van der Waals surface area contributed by atoms with Gasteiger partial charge in [-0.1, -0.05) is 6.92 Å². The number of ether oxygens (including phenoxy) is 1. The Hall–Kier alpha value is -1.85. The minimum Gasteiger partial charge on any atom is -0.494 e. The first-order chi connectivity index (χ1) is 10.3. The molecule has 0 bridgehead atoms. The molecule has 0 aliphatic carbocycles. The third-order valence-electron chi connectivity index (χ3n) is 3.34. The van der Waals surface area contributed by atoms with Crippen molar-refractivity contribution in [3.8, 4) is 17.0 Å². The van der Waals surface area contributed by atoms with Gasteiger partial charge >= 0.3 is 0 Å². The van der Waals surface area contributed by atoms with Crippen LogP contribution in [0.4, 0.5) is 0 Å². The molecule has 0 saturated carbocycles. The number of thiazole rings is 1. The first kappa shape index (κ1) is 14.1. The van der Waals surface area contributed by atoms with Gasteiger partial charge in [0.25, 0.3) is 0 Å². The Kier molecular flexibility index (Phi) is 4.22. The summed E-state index contributed by atoms with van der Waals surface area (Å²) < 4.78 is 7.76. The van der Waals surface area contributed by atoms with Crippen molar-refractivity contribution in [1.82, 2.24) is 9.38 Å². The van der Waals surface area contributed by atoms with Crippen molar-refractivity contribution in [2.75, 3.05) is 13.2 Å². The van der Waals surface area contributed by atoms with Crippen LogP contribution >= 0.6 is 11.3 Å². The van der Waals surface area contributed by atoms with Crippen LogP contribution in [-0.4, -0.2) is 22.5 Å². The van der Waals surface area contributed by atoms with E-state index in [1.54, 1.807) is 11.3 Å². The molecule has 2 N–H and O–H groups in total. The highest BCUT2D eigenvalue weighted by Crippen LogP contribution is 2.28. The summed E-state index contributed by atoms with van der Waals surface area (Å²) in [6, 6.07) is 8.14. The monoisotopic (exact) mass is 301 g/mol. The summed E-state index contributed by atoms with van der Waals surface area (Å²) in [5.74, 6) is 0.905. The number of hydrogen-bond donors (Lipinski definition) is 1. The standard InChI is InChI=1S/C16H19N3OS/c1-2-10-20-13-5-3-12(4-6-13)15-14(7-8-17)19-9-11-21-16(19)18-15/h3-6,9,11H,2,7-8,10,17H2,1H3. The second kappa shape index (κ2) is 6.28. The summed E-state index contributed by atoms with van der Waals surface area (Å²) in [6.45, 7) is 3.47. The lowest BCUT2D eigenvalue weighted by atomic mass is 10.1. The fraction of sp³-hybridized carbons (Fsp3) is 0.312. The average molecular weight is 301 g/mol. The number of nitrogens with zero attached hydrogens (tertiary/aromatic N) is 2. The normalized spacial score (nSPS) is 11.1. The Morgan fingerprint density at radius 1 is 1.29 bits per heavy atom. The SMILES string of the molecule is CCCOc1ccc(-c2nc3sccn3c2CCN)cc1. The summed E-state index contributed by atoms with van der Waals surface area (Å²) >= 11 is 1.64. The van der Waals surface area contributed by atoms with Gasteiger partial charge in [-0.25, -0.2) is 4.98 Å². The molecule has 3 rings (SSSR count). The number of nitrogens with two attached hydrogens (primary N) is 1. The van der Waals surface area contributed by atoms with Gasteiger partial charge in [-0.05, 0) is 37.2 Å². The third kappa shape index (κ3) is 2.80. The van der Waals surface area contributed by atoms with Crippen molar-refractivity contribution < 1.29 is 4.74 Å². The van der Waals surface area contributed by atoms with E-state index in [0.29, 0.717) is 6.54 Å². The summed E-state index contributed by atoms with van der Waals surface area (Å²) in [6.07, 6.45) is 3.89. The van der Waals surface area contributed by atoms with Gasteiger partial charge < -0.3 is 10.5 Å². The van der Waals surface area contributed by atoms with Crippen molar-refractivity contribution in [3.63, 3.8) is 0 Å². The average Bonchev–Trinajstić information content (AvgIpc) is 3.09. The number of benzene rings is 1. The van der Waals surface area contributed by atoms with Crippen LogP contribution in [0.15, 0.2) is 35.8 Å². The zero-order valence-corrected chi connectivity index (χ0v) is 12.9. The van der Waals surface area contributed by atoms with Gasteiger partial charge in [0, 0.05) is 23.6 Å². The molecule has 0 amide bonds. The molecule has 5 heteroatoms. The Morgan fingerprint density at radius 2 is 2.10 bits per heavy atom. The number of aromatic nitrogens is 2. The molecule has 0 spiro atoms. The topological polar surface area (TPSA) is 52.5 Å². The van der Waals surface area contributed by atoms with Crippen LogP contribution in [0.3, 0.4) is 0 Å². The molecule has 0 unspecified atom stereocenters. The minimum absolute atomic E-state index is 0.619. The van der Waals surface area contributed by atoms with Crippen LogP contribution in [0.2, 0.25) is 0 Å². The maximum absolute atomic E-state index is 5.75. The van der Waals surface area contributed by atoms with E-state index >= 15 is 0 Å². The fourth-order valence-corrected chi connectivity index (χ4v) is 3.10. The fourth-order valence-electron chi connectivity index (χ4n) is 2.37. The predicted molar refractivity (Wildman–Crippen MR) is 87.0 cm³/mol. The summed E-state index contributed by atoms with van der Waals surface area (Å²) in [4.78, 5) is 5.75. The summed E-state index contributed by atoms with van der Waals surface area (Å²) in [5.41, 5.74) is 9.06. The van der Waals surface area contributed by atoms with Crippen LogP contribution in [0, 0.1) is 0 Å². The van der Waals surface area contributed by atoms with Crippen molar-refractivity contribution in [3.05, 3.63) is 41.5 Å². The smallest absolute Gasteiger partial charge is 0.194 e. The maximum Gasteiger partial charge on any atom is 0.194 e. The van der Waals surface area contributed by atoms with Crippen LogP contribution in [0.1, 0.15) is 19.0 Å². The van der Waals surface area contributed by atoms with E-state index in [-0.39, 0.29) is 0 Å². The molecular formula is C16H19N3OS. The number of fused-ring (bicyclic) bond motifs is 1. The molecule has 21 heavy (non-hydrogen) atoms. The largest absolute Gasteiger partial charge is 0.494 e.